The van der Waals surface area contributed by atoms with E-state index in [1.165, 1.54) is 6.07 Å². The molecule has 0 saturated carbocycles. The van der Waals surface area contributed by atoms with Gasteiger partial charge in [-0.05, 0) is 36.6 Å². The van der Waals surface area contributed by atoms with Crippen LogP contribution in [0.1, 0.15) is 12.0 Å². The van der Waals surface area contributed by atoms with E-state index in [-0.39, 0.29) is 5.82 Å². The van der Waals surface area contributed by atoms with Crippen molar-refractivity contribution >= 4 is 11.6 Å². The molecule has 2 aromatic carbocycles. The first kappa shape index (κ1) is 17.8. The first-order valence-corrected chi connectivity index (χ1v) is 8.26. The van der Waals surface area contributed by atoms with Crippen molar-refractivity contribution in [1.82, 2.24) is 10.6 Å². The minimum Gasteiger partial charge on any atom is -0.385 e. The molecule has 0 aliphatic heterocycles. The number of halogens is 1. The summed E-state index contributed by atoms with van der Waals surface area (Å²) in [5, 5.41) is 9.83. The van der Waals surface area contributed by atoms with Gasteiger partial charge in [-0.2, -0.15) is 0 Å². The van der Waals surface area contributed by atoms with Crippen LogP contribution in [0.5, 0.6) is 0 Å². The minimum atomic E-state index is -0.158. The Morgan fingerprint density at radius 3 is 2.38 bits per heavy atom. The first-order valence-electron chi connectivity index (χ1n) is 8.26. The minimum absolute atomic E-state index is 0.158. The third-order valence-corrected chi connectivity index (χ3v) is 3.62. The van der Waals surface area contributed by atoms with E-state index in [0.29, 0.717) is 18.5 Å². The van der Waals surface area contributed by atoms with E-state index in [1.807, 2.05) is 30.3 Å². The van der Waals surface area contributed by atoms with Crippen LogP contribution < -0.4 is 16.0 Å². The Kier molecular flexibility index (Phi) is 7.60. The molecule has 0 unspecified atom stereocenters. The zero-order valence-electron chi connectivity index (χ0n) is 14.1. The zero-order chi connectivity index (χ0) is 17.0. The Labute approximate surface area is 143 Å². The van der Waals surface area contributed by atoms with Crippen LogP contribution in [0.25, 0.3) is 0 Å². The van der Waals surface area contributed by atoms with E-state index in [4.69, 9.17) is 0 Å². The van der Waals surface area contributed by atoms with Gasteiger partial charge in [0.2, 0.25) is 0 Å². The van der Waals surface area contributed by atoms with Gasteiger partial charge in [0.15, 0.2) is 5.96 Å². The van der Waals surface area contributed by atoms with E-state index in [2.05, 4.69) is 33.1 Å². The van der Waals surface area contributed by atoms with Crippen LogP contribution in [0.4, 0.5) is 10.1 Å². The lowest BCUT2D eigenvalue weighted by atomic mass is 10.1. The van der Waals surface area contributed by atoms with Crippen LogP contribution in [0.3, 0.4) is 0 Å². The van der Waals surface area contributed by atoms with Gasteiger partial charge in [-0.3, -0.25) is 4.99 Å². The molecule has 0 bridgehead atoms. The van der Waals surface area contributed by atoms with Gasteiger partial charge in [-0.25, -0.2) is 4.39 Å². The second-order valence-corrected chi connectivity index (χ2v) is 5.41. The number of hydrogen-bond acceptors (Lipinski definition) is 2. The number of benzene rings is 2. The lowest BCUT2D eigenvalue weighted by Crippen LogP contribution is -2.39. The molecule has 24 heavy (non-hydrogen) atoms. The number of rotatable bonds is 8. The first-order chi connectivity index (χ1) is 11.8. The van der Waals surface area contributed by atoms with Crippen molar-refractivity contribution in [3.05, 3.63) is 66.0 Å². The molecule has 0 atom stereocenters. The molecular weight excluding hydrogens is 303 g/mol. The van der Waals surface area contributed by atoms with Crippen LogP contribution in [0, 0.1) is 5.82 Å². The molecule has 0 aliphatic carbocycles. The summed E-state index contributed by atoms with van der Waals surface area (Å²) in [4.78, 5) is 4.18. The molecule has 4 nitrogen and oxygen atoms in total. The van der Waals surface area contributed by atoms with E-state index in [9.17, 15) is 4.39 Å². The van der Waals surface area contributed by atoms with E-state index in [0.717, 1.165) is 31.2 Å². The Hall–Kier alpha value is -2.56. The molecule has 128 valence electrons. The average molecular weight is 328 g/mol. The Morgan fingerprint density at radius 1 is 0.917 bits per heavy atom. The van der Waals surface area contributed by atoms with Crippen LogP contribution in [0.15, 0.2) is 59.6 Å². The molecule has 0 fully saturated rings. The van der Waals surface area contributed by atoms with Gasteiger partial charge in [0.1, 0.15) is 5.82 Å². The summed E-state index contributed by atoms with van der Waals surface area (Å²) in [5.41, 5.74) is 1.84. The third kappa shape index (κ3) is 6.28. The zero-order valence-corrected chi connectivity index (χ0v) is 14.1. The van der Waals surface area contributed by atoms with Crippen LogP contribution in [-0.4, -0.2) is 32.6 Å². The Balaban J connectivity index is 1.60. The highest BCUT2D eigenvalue weighted by Gasteiger charge is 2.01. The molecule has 0 radical (unpaired) electrons. The molecule has 3 N–H and O–H groups in total. The summed E-state index contributed by atoms with van der Waals surface area (Å²) < 4.78 is 13.5. The van der Waals surface area contributed by atoms with Gasteiger partial charge >= 0.3 is 0 Å². The molecule has 0 heterocycles. The van der Waals surface area contributed by atoms with E-state index in [1.54, 1.807) is 13.1 Å². The quantitative estimate of drug-likeness (QED) is 0.397. The van der Waals surface area contributed by atoms with Gasteiger partial charge in [0.05, 0.1) is 0 Å². The molecule has 5 heteroatoms. The predicted octanol–water partition coefficient (Wildman–Crippen LogP) is 3.04. The lowest BCUT2D eigenvalue weighted by molar-refractivity contribution is 0.606. The summed E-state index contributed by atoms with van der Waals surface area (Å²) in [6.45, 7) is 2.35. The molecule has 0 spiro atoms. The molecule has 0 saturated heterocycles. The maximum Gasteiger partial charge on any atom is 0.190 e. The highest BCUT2D eigenvalue weighted by Crippen LogP contribution is 2.06. The maximum atomic E-state index is 13.5. The SMILES string of the molecule is CN=C(NCCCNc1ccccc1)NCCc1ccccc1F. The van der Waals surface area contributed by atoms with Gasteiger partial charge in [0, 0.05) is 32.4 Å². The smallest absolute Gasteiger partial charge is 0.190 e. The fourth-order valence-corrected chi connectivity index (χ4v) is 2.32. The molecule has 2 rings (SSSR count). The van der Waals surface area contributed by atoms with Crippen molar-refractivity contribution in [1.29, 1.82) is 0 Å². The Bertz CT molecular complexity index is 628. The number of guanidine groups is 1. The number of nitrogens with zero attached hydrogens (tertiary/aromatic N) is 1. The molecule has 2 aromatic rings. The largest absolute Gasteiger partial charge is 0.385 e. The average Bonchev–Trinajstić information content (AvgIpc) is 2.62. The fourth-order valence-electron chi connectivity index (χ4n) is 2.32. The highest BCUT2D eigenvalue weighted by molar-refractivity contribution is 5.79. The lowest BCUT2D eigenvalue weighted by Gasteiger charge is -2.12. The third-order valence-electron chi connectivity index (χ3n) is 3.62. The standard InChI is InChI=1S/C19H25FN4/c1-21-19(24-15-12-16-8-5-6-11-18(16)20)23-14-7-13-22-17-9-3-2-4-10-17/h2-6,8-11,22H,7,12-15H2,1H3,(H2,21,23,24). The van der Waals surface area contributed by atoms with Gasteiger partial charge in [-0.1, -0.05) is 36.4 Å². The van der Waals surface area contributed by atoms with Crippen molar-refractivity contribution < 1.29 is 4.39 Å². The van der Waals surface area contributed by atoms with Crippen molar-refractivity contribution in [3.63, 3.8) is 0 Å². The molecular formula is C19H25FN4. The number of para-hydroxylation sites is 1. The van der Waals surface area contributed by atoms with Crippen molar-refractivity contribution in [2.24, 2.45) is 4.99 Å². The fraction of sp³-hybridized carbons (Fsp3) is 0.316. The summed E-state index contributed by atoms with van der Waals surface area (Å²) in [5.74, 6) is 0.584. The van der Waals surface area contributed by atoms with E-state index >= 15 is 0 Å². The summed E-state index contributed by atoms with van der Waals surface area (Å²) in [6, 6.07) is 17.0. The summed E-state index contributed by atoms with van der Waals surface area (Å²) in [7, 11) is 1.74. The van der Waals surface area contributed by atoms with Gasteiger partial charge in [-0.15, -0.1) is 0 Å². The highest BCUT2D eigenvalue weighted by atomic mass is 19.1. The number of nitrogens with one attached hydrogen (secondary N) is 3. The van der Waals surface area contributed by atoms with Crippen LogP contribution in [0.2, 0.25) is 0 Å². The Morgan fingerprint density at radius 2 is 1.62 bits per heavy atom. The van der Waals surface area contributed by atoms with Crippen LogP contribution in [-0.2, 0) is 6.42 Å². The number of anilines is 1. The number of hydrogen-bond donors (Lipinski definition) is 3. The maximum absolute atomic E-state index is 13.5. The monoisotopic (exact) mass is 328 g/mol. The summed E-state index contributed by atoms with van der Waals surface area (Å²) >= 11 is 0. The molecule has 0 aliphatic rings. The normalized spacial score (nSPS) is 11.2. The van der Waals surface area contributed by atoms with Crippen molar-refractivity contribution in [2.75, 3.05) is 32.0 Å². The number of aliphatic imine (C=N–C) groups is 1. The summed E-state index contributed by atoms with van der Waals surface area (Å²) in [6.07, 6.45) is 1.60. The van der Waals surface area contributed by atoms with Gasteiger partial charge in [0.25, 0.3) is 0 Å². The second kappa shape index (κ2) is 10.3. The van der Waals surface area contributed by atoms with E-state index < -0.39 is 0 Å². The van der Waals surface area contributed by atoms with Gasteiger partial charge < -0.3 is 16.0 Å². The second-order valence-electron chi connectivity index (χ2n) is 5.41. The topological polar surface area (TPSA) is 48.5 Å². The predicted molar refractivity (Wildman–Crippen MR) is 99.0 cm³/mol. The van der Waals surface area contributed by atoms with Crippen LogP contribution >= 0.6 is 0 Å². The molecule has 0 amide bonds. The van der Waals surface area contributed by atoms with Crippen molar-refractivity contribution in [2.45, 2.75) is 12.8 Å². The molecule has 0 aromatic heterocycles. The van der Waals surface area contributed by atoms with Crippen molar-refractivity contribution in [3.8, 4) is 0 Å².